The molecule has 4 aromatic rings. The molecule has 0 bridgehead atoms. The fraction of sp³-hybridized carbons (Fsp3) is 0.289. The molecule has 1 aliphatic rings. The summed E-state index contributed by atoms with van der Waals surface area (Å²) in [5.41, 5.74) is 2.58. The topological polar surface area (TPSA) is 141 Å². The van der Waals surface area contributed by atoms with Gasteiger partial charge in [0.05, 0.1) is 58.8 Å². The minimum Gasteiger partial charge on any atom is -0.490 e. The second-order valence-corrected chi connectivity index (χ2v) is 14.1. The molecule has 0 fully saturated rings. The molecular weight excluding hydrogens is 836 g/mol. The Balaban J connectivity index is 1.58. The number of rotatable bonds is 14. The van der Waals surface area contributed by atoms with Gasteiger partial charge in [0.25, 0.3) is 5.56 Å². The van der Waals surface area contributed by atoms with Gasteiger partial charge >= 0.3 is 17.9 Å². The first-order chi connectivity index (χ1) is 25.5. The van der Waals surface area contributed by atoms with Gasteiger partial charge in [-0.3, -0.25) is 9.36 Å². The summed E-state index contributed by atoms with van der Waals surface area (Å²) in [5, 5.41) is 0. The van der Waals surface area contributed by atoms with Gasteiger partial charge in [0.1, 0.15) is 12.4 Å². The Morgan fingerprint density at radius 2 is 1.60 bits per heavy atom. The number of carbonyl (C=O) groups is 3. The van der Waals surface area contributed by atoms with Crippen molar-refractivity contribution in [1.29, 1.82) is 0 Å². The number of esters is 3. The summed E-state index contributed by atoms with van der Waals surface area (Å²) in [5.74, 6) is -0.499. The van der Waals surface area contributed by atoms with E-state index in [1.54, 1.807) is 76.2 Å². The number of allylic oxidation sites excluding steroid dienone is 1. The zero-order valence-electron chi connectivity index (χ0n) is 29.5. The fourth-order valence-corrected chi connectivity index (χ4v) is 7.88. The van der Waals surface area contributed by atoms with Gasteiger partial charge in [-0.25, -0.2) is 19.4 Å². The Labute approximate surface area is 325 Å². The van der Waals surface area contributed by atoms with E-state index in [0.717, 1.165) is 10.0 Å². The van der Waals surface area contributed by atoms with E-state index in [1.165, 1.54) is 23.0 Å². The Morgan fingerprint density at radius 3 is 2.28 bits per heavy atom. The van der Waals surface area contributed by atoms with E-state index in [2.05, 4.69) is 36.9 Å². The third-order valence-corrected chi connectivity index (χ3v) is 9.88. The van der Waals surface area contributed by atoms with Gasteiger partial charge in [-0.1, -0.05) is 45.5 Å². The summed E-state index contributed by atoms with van der Waals surface area (Å²) in [4.78, 5) is 56.8. The van der Waals surface area contributed by atoms with Crippen LogP contribution in [0.1, 0.15) is 60.8 Å². The number of carbonyl (C=O) groups excluding carboxylic acids is 3. The summed E-state index contributed by atoms with van der Waals surface area (Å²) in [6.07, 6.45) is 1.72. The lowest BCUT2D eigenvalue weighted by atomic mass is 9.95. The predicted molar refractivity (Wildman–Crippen MR) is 204 cm³/mol. The maximum absolute atomic E-state index is 14.4. The van der Waals surface area contributed by atoms with Crippen molar-refractivity contribution in [3.05, 3.63) is 117 Å². The number of hydrogen-bond donors (Lipinski definition) is 0. The van der Waals surface area contributed by atoms with E-state index in [-0.39, 0.29) is 44.4 Å². The normalized spacial score (nSPS) is 13.9. The molecular formula is C38H36Br2N2O10S. The van der Waals surface area contributed by atoms with Crippen LogP contribution in [-0.4, -0.2) is 56.0 Å². The third kappa shape index (κ3) is 9.08. The number of benzene rings is 3. The standard InChI is InChI=1S/C38H36Br2N2O10S/c1-6-48-29-16-24(13-14-28(29)51-20-31(43)47-5)33-32(37(46)50-8-3)21(4)41-38-42(33)35(44)30(53-38)17-25-15-26(39)18-27(40)34(25)52-19-22-9-11-23(12-10-22)36(45)49-7-2/h9-18,33H,6-8,19-20H2,1-5H3/b30-17+/t33-/m1/s1. The van der Waals surface area contributed by atoms with Gasteiger partial charge in [-0.2, -0.15) is 0 Å². The Bertz CT molecular complexity index is 2250. The minimum absolute atomic E-state index is 0.118. The van der Waals surface area contributed by atoms with Gasteiger partial charge in [-0.15, -0.1) is 0 Å². The monoisotopic (exact) mass is 870 g/mol. The first kappa shape index (κ1) is 39.5. The molecule has 2 heterocycles. The maximum atomic E-state index is 14.4. The van der Waals surface area contributed by atoms with Crippen LogP contribution in [-0.2, 0) is 30.4 Å². The predicted octanol–water partition coefficient (Wildman–Crippen LogP) is 6.03. The Hall–Kier alpha value is -4.73. The van der Waals surface area contributed by atoms with Gasteiger partial charge in [0.2, 0.25) is 0 Å². The van der Waals surface area contributed by atoms with Crippen molar-refractivity contribution in [2.45, 2.75) is 40.3 Å². The second-order valence-electron chi connectivity index (χ2n) is 11.3. The van der Waals surface area contributed by atoms with Crippen LogP contribution >= 0.6 is 43.2 Å². The maximum Gasteiger partial charge on any atom is 0.343 e. The lowest BCUT2D eigenvalue weighted by Crippen LogP contribution is -2.40. The summed E-state index contributed by atoms with van der Waals surface area (Å²) >= 11 is 8.32. The molecule has 0 saturated carbocycles. The van der Waals surface area contributed by atoms with Crippen LogP contribution in [0.5, 0.6) is 17.2 Å². The number of methoxy groups -OCH3 is 1. The van der Waals surface area contributed by atoms with E-state index in [1.807, 2.05) is 12.1 Å². The fourth-order valence-electron chi connectivity index (χ4n) is 5.47. The number of thiazole rings is 1. The zero-order valence-corrected chi connectivity index (χ0v) is 33.5. The smallest absolute Gasteiger partial charge is 0.343 e. The molecule has 1 aliphatic heterocycles. The Kier molecular flexibility index (Phi) is 13.3. The molecule has 3 aromatic carbocycles. The number of fused-ring (bicyclic) bond motifs is 1. The molecule has 5 rings (SSSR count). The molecule has 0 amide bonds. The van der Waals surface area contributed by atoms with Crippen molar-refractivity contribution in [1.82, 2.24) is 4.57 Å². The largest absolute Gasteiger partial charge is 0.490 e. The highest BCUT2D eigenvalue weighted by Gasteiger charge is 2.34. The van der Waals surface area contributed by atoms with E-state index in [0.29, 0.717) is 47.7 Å². The van der Waals surface area contributed by atoms with Crippen LogP contribution in [0.2, 0.25) is 0 Å². The molecule has 0 radical (unpaired) electrons. The molecule has 53 heavy (non-hydrogen) atoms. The molecule has 1 aromatic heterocycles. The first-order valence-corrected chi connectivity index (χ1v) is 18.9. The summed E-state index contributed by atoms with van der Waals surface area (Å²) < 4.78 is 36.2. The molecule has 278 valence electrons. The number of ether oxygens (including phenoxy) is 6. The van der Waals surface area contributed by atoms with Crippen molar-refractivity contribution < 1.29 is 42.8 Å². The number of aromatic nitrogens is 1. The van der Waals surface area contributed by atoms with E-state index in [4.69, 9.17) is 28.4 Å². The quantitative estimate of drug-likeness (QED) is 0.109. The highest BCUT2D eigenvalue weighted by Crippen LogP contribution is 2.37. The van der Waals surface area contributed by atoms with E-state index >= 15 is 0 Å². The highest BCUT2D eigenvalue weighted by atomic mass is 79.9. The Morgan fingerprint density at radius 1 is 0.887 bits per heavy atom. The van der Waals surface area contributed by atoms with Crippen LogP contribution in [0, 0.1) is 0 Å². The van der Waals surface area contributed by atoms with Crippen LogP contribution in [0.15, 0.2) is 84.6 Å². The second kappa shape index (κ2) is 17.9. The van der Waals surface area contributed by atoms with Crippen molar-refractivity contribution >= 4 is 67.2 Å². The SMILES string of the molecule is CCOC(=O)C1=C(C)N=c2s/c(=C/c3cc(Br)cc(Br)c3OCc3ccc(C(=O)OCC)cc3)c(=O)n2[C@@H]1c1ccc(OCC(=O)OC)c(OCC)c1. The van der Waals surface area contributed by atoms with Crippen LogP contribution in [0.3, 0.4) is 0 Å². The van der Waals surface area contributed by atoms with E-state index < -0.39 is 29.5 Å². The lowest BCUT2D eigenvalue weighted by molar-refractivity contribution is -0.143. The zero-order chi connectivity index (χ0) is 38.2. The molecule has 0 N–H and O–H groups in total. The first-order valence-electron chi connectivity index (χ1n) is 16.5. The average Bonchev–Trinajstić information content (AvgIpc) is 3.43. The average molecular weight is 873 g/mol. The van der Waals surface area contributed by atoms with Gasteiger partial charge in [0, 0.05) is 10.0 Å². The highest BCUT2D eigenvalue weighted by molar-refractivity contribution is 9.11. The molecule has 0 spiro atoms. The molecule has 0 saturated heterocycles. The summed E-state index contributed by atoms with van der Waals surface area (Å²) in [7, 11) is 1.26. The van der Waals surface area contributed by atoms with E-state index in [9.17, 15) is 19.2 Å². The van der Waals surface area contributed by atoms with Gasteiger partial charge in [-0.05, 0) is 97.2 Å². The van der Waals surface area contributed by atoms with Crippen LogP contribution < -0.4 is 29.1 Å². The molecule has 0 aliphatic carbocycles. The minimum atomic E-state index is -0.927. The summed E-state index contributed by atoms with van der Waals surface area (Å²) in [6, 6.07) is 14.7. The lowest BCUT2D eigenvalue weighted by Gasteiger charge is -2.25. The molecule has 12 nitrogen and oxygen atoms in total. The number of halogens is 2. The van der Waals surface area contributed by atoms with Crippen molar-refractivity contribution in [2.24, 2.45) is 4.99 Å². The summed E-state index contributed by atoms with van der Waals surface area (Å²) in [6.45, 7) is 7.48. The molecule has 1 atom stereocenters. The number of nitrogens with zero attached hydrogens (tertiary/aromatic N) is 2. The molecule has 15 heteroatoms. The van der Waals surface area contributed by atoms with Crippen molar-refractivity contribution in [3.8, 4) is 17.2 Å². The third-order valence-electron chi connectivity index (χ3n) is 7.85. The van der Waals surface area contributed by atoms with Crippen LogP contribution in [0.25, 0.3) is 6.08 Å². The van der Waals surface area contributed by atoms with Gasteiger partial charge < -0.3 is 28.4 Å². The number of hydrogen-bond acceptors (Lipinski definition) is 12. The molecule has 0 unspecified atom stereocenters. The van der Waals surface area contributed by atoms with Crippen LogP contribution in [0.4, 0.5) is 0 Å². The van der Waals surface area contributed by atoms with Crippen molar-refractivity contribution in [3.63, 3.8) is 0 Å². The van der Waals surface area contributed by atoms with Gasteiger partial charge in [0.15, 0.2) is 22.9 Å². The van der Waals surface area contributed by atoms with Crippen molar-refractivity contribution in [2.75, 3.05) is 33.5 Å².